The summed E-state index contributed by atoms with van der Waals surface area (Å²) in [6.07, 6.45) is 10.3. The van der Waals surface area contributed by atoms with E-state index in [1.54, 1.807) is 0 Å². The molecule has 0 aromatic heterocycles. The van der Waals surface area contributed by atoms with Crippen LogP contribution in [-0.2, 0) is 4.74 Å². The average Bonchev–Trinajstić information content (AvgIpc) is 2.45. The lowest BCUT2D eigenvalue weighted by Crippen LogP contribution is -2.19. The standard InChI is InChI=1S/C18H33NO2/c1-6-10-17(14-19-20)12-9-11-15(4)13-16(5)18(7-2)21-8-3/h7-8,15-18H,2-3,6,9-14H2,1,4-5H3. The van der Waals surface area contributed by atoms with Crippen molar-refractivity contribution in [2.24, 2.45) is 22.9 Å². The lowest BCUT2D eigenvalue weighted by Gasteiger charge is -2.23. The molecule has 0 rings (SSSR count). The molecule has 0 bridgehead atoms. The third-order valence-corrected chi connectivity index (χ3v) is 4.16. The van der Waals surface area contributed by atoms with Gasteiger partial charge in [-0.15, -0.1) is 0 Å². The van der Waals surface area contributed by atoms with Crippen LogP contribution in [0.25, 0.3) is 0 Å². The van der Waals surface area contributed by atoms with Gasteiger partial charge in [-0.05, 0) is 37.0 Å². The summed E-state index contributed by atoms with van der Waals surface area (Å²) in [4.78, 5) is 10.4. The normalized spacial score (nSPS) is 16.5. The fraction of sp³-hybridized carbons (Fsp3) is 0.778. The van der Waals surface area contributed by atoms with Gasteiger partial charge in [0, 0.05) is 0 Å². The summed E-state index contributed by atoms with van der Waals surface area (Å²) in [5, 5.41) is 3.07. The van der Waals surface area contributed by atoms with Crippen molar-refractivity contribution < 1.29 is 4.74 Å². The minimum atomic E-state index is 0.0528. The molecule has 3 nitrogen and oxygen atoms in total. The van der Waals surface area contributed by atoms with Crippen LogP contribution in [0.2, 0.25) is 0 Å². The molecule has 0 saturated carbocycles. The summed E-state index contributed by atoms with van der Waals surface area (Å²) in [5.41, 5.74) is 0. The lowest BCUT2D eigenvalue weighted by molar-refractivity contribution is 0.121. The minimum Gasteiger partial charge on any atom is -0.494 e. The topological polar surface area (TPSA) is 38.7 Å². The van der Waals surface area contributed by atoms with Crippen LogP contribution >= 0.6 is 0 Å². The van der Waals surface area contributed by atoms with E-state index < -0.39 is 0 Å². The van der Waals surface area contributed by atoms with Crippen molar-refractivity contribution in [1.29, 1.82) is 0 Å². The molecule has 4 unspecified atom stereocenters. The molecule has 0 N–H and O–H groups in total. The minimum absolute atomic E-state index is 0.0528. The Bertz CT molecular complexity index is 291. The van der Waals surface area contributed by atoms with Gasteiger partial charge in [0.1, 0.15) is 6.10 Å². The van der Waals surface area contributed by atoms with E-state index in [1.165, 1.54) is 19.1 Å². The summed E-state index contributed by atoms with van der Waals surface area (Å²) in [6, 6.07) is 0. The van der Waals surface area contributed by atoms with Crippen LogP contribution in [0.15, 0.2) is 30.7 Å². The van der Waals surface area contributed by atoms with Gasteiger partial charge in [-0.1, -0.05) is 64.4 Å². The number of nitrogens with zero attached hydrogens (tertiary/aromatic N) is 1. The fourth-order valence-corrected chi connectivity index (χ4v) is 3.02. The van der Waals surface area contributed by atoms with Crippen molar-refractivity contribution in [2.45, 2.75) is 65.4 Å². The number of nitroso groups, excluding NO2 is 1. The monoisotopic (exact) mass is 295 g/mol. The van der Waals surface area contributed by atoms with E-state index in [4.69, 9.17) is 4.74 Å². The van der Waals surface area contributed by atoms with Crippen molar-refractivity contribution in [3.05, 3.63) is 30.4 Å². The second-order valence-electron chi connectivity index (χ2n) is 6.22. The van der Waals surface area contributed by atoms with Crippen LogP contribution in [0.1, 0.15) is 59.3 Å². The van der Waals surface area contributed by atoms with Crippen LogP contribution < -0.4 is 0 Å². The largest absolute Gasteiger partial charge is 0.494 e. The third-order valence-electron chi connectivity index (χ3n) is 4.16. The predicted octanol–water partition coefficient (Wildman–Crippen LogP) is 5.72. The highest BCUT2D eigenvalue weighted by molar-refractivity contribution is 4.86. The van der Waals surface area contributed by atoms with Gasteiger partial charge in [0.15, 0.2) is 0 Å². The molecule has 0 amide bonds. The molecule has 0 saturated heterocycles. The van der Waals surface area contributed by atoms with Gasteiger partial charge >= 0.3 is 0 Å². The summed E-state index contributed by atoms with van der Waals surface area (Å²) in [5.74, 6) is 1.57. The van der Waals surface area contributed by atoms with Crippen LogP contribution in [0, 0.1) is 22.7 Å². The Kier molecular flexibility index (Phi) is 11.9. The van der Waals surface area contributed by atoms with Gasteiger partial charge in [-0.2, -0.15) is 4.91 Å². The average molecular weight is 295 g/mol. The number of ether oxygens (including phenoxy) is 1. The maximum absolute atomic E-state index is 10.4. The molecule has 21 heavy (non-hydrogen) atoms. The van der Waals surface area contributed by atoms with Gasteiger partial charge in [-0.25, -0.2) is 0 Å². The third kappa shape index (κ3) is 9.43. The quantitative estimate of drug-likeness (QED) is 0.234. The summed E-state index contributed by atoms with van der Waals surface area (Å²) >= 11 is 0. The van der Waals surface area contributed by atoms with Crippen molar-refractivity contribution in [3.63, 3.8) is 0 Å². The second kappa shape index (κ2) is 12.6. The van der Waals surface area contributed by atoms with Gasteiger partial charge in [0.05, 0.1) is 12.8 Å². The molecule has 3 heteroatoms. The number of hydrogen-bond donors (Lipinski definition) is 0. The van der Waals surface area contributed by atoms with E-state index in [2.05, 4.69) is 39.1 Å². The molecule has 0 spiro atoms. The zero-order valence-corrected chi connectivity index (χ0v) is 14.1. The molecule has 0 aromatic rings. The van der Waals surface area contributed by atoms with Gasteiger partial charge in [0.25, 0.3) is 0 Å². The van der Waals surface area contributed by atoms with E-state index in [1.807, 2.05) is 6.08 Å². The van der Waals surface area contributed by atoms with Crippen LogP contribution in [0.4, 0.5) is 0 Å². The van der Waals surface area contributed by atoms with Crippen molar-refractivity contribution in [3.8, 4) is 0 Å². The fourth-order valence-electron chi connectivity index (χ4n) is 3.02. The zero-order chi connectivity index (χ0) is 16.1. The van der Waals surface area contributed by atoms with Gasteiger partial charge < -0.3 is 4.74 Å². The molecule has 4 atom stereocenters. The Morgan fingerprint density at radius 1 is 1.19 bits per heavy atom. The Morgan fingerprint density at radius 2 is 1.90 bits per heavy atom. The molecule has 0 aliphatic heterocycles. The van der Waals surface area contributed by atoms with E-state index in [9.17, 15) is 4.91 Å². The van der Waals surface area contributed by atoms with Crippen molar-refractivity contribution in [1.82, 2.24) is 0 Å². The smallest absolute Gasteiger partial charge is 0.118 e. The Balaban J connectivity index is 4.01. The van der Waals surface area contributed by atoms with Gasteiger partial charge in [-0.3, -0.25) is 0 Å². The maximum Gasteiger partial charge on any atom is 0.118 e. The van der Waals surface area contributed by atoms with E-state index in [0.29, 0.717) is 24.3 Å². The molecule has 0 aliphatic rings. The summed E-state index contributed by atoms with van der Waals surface area (Å²) in [6.45, 7) is 14.6. The van der Waals surface area contributed by atoms with E-state index in [-0.39, 0.29) is 6.10 Å². The molecule has 0 fully saturated rings. The van der Waals surface area contributed by atoms with Crippen molar-refractivity contribution >= 4 is 0 Å². The SMILES string of the molecule is C=COC(C=C)C(C)CC(C)CCCC(CCC)CN=O. The molecule has 0 aliphatic carbocycles. The first-order valence-corrected chi connectivity index (χ1v) is 8.26. The highest BCUT2D eigenvalue weighted by atomic mass is 16.5. The highest BCUT2D eigenvalue weighted by Crippen LogP contribution is 2.24. The lowest BCUT2D eigenvalue weighted by atomic mass is 9.88. The molecular weight excluding hydrogens is 262 g/mol. The maximum atomic E-state index is 10.4. The van der Waals surface area contributed by atoms with Crippen LogP contribution in [-0.4, -0.2) is 12.6 Å². The zero-order valence-electron chi connectivity index (χ0n) is 14.1. The van der Waals surface area contributed by atoms with Crippen molar-refractivity contribution in [2.75, 3.05) is 6.54 Å². The molecular formula is C18H33NO2. The predicted molar refractivity (Wildman–Crippen MR) is 91.1 cm³/mol. The summed E-state index contributed by atoms with van der Waals surface area (Å²) in [7, 11) is 0. The van der Waals surface area contributed by atoms with Crippen LogP contribution in [0.5, 0.6) is 0 Å². The van der Waals surface area contributed by atoms with E-state index in [0.717, 1.165) is 25.7 Å². The number of rotatable bonds is 14. The molecule has 0 aromatic carbocycles. The highest BCUT2D eigenvalue weighted by Gasteiger charge is 2.17. The van der Waals surface area contributed by atoms with Gasteiger partial charge in [0.2, 0.25) is 0 Å². The molecule has 122 valence electrons. The molecule has 0 radical (unpaired) electrons. The number of hydrogen-bond acceptors (Lipinski definition) is 3. The Labute approximate surface area is 130 Å². The molecule has 0 heterocycles. The first kappa shape index (κ1) is 19.9. The summed E-state index contributed by atoms with van der Waals surface area (Å²) < 4.78 is 5.46. The first-order chi connectivity index (χ1) is 10.1. The Hall–Kier alpha value is -1.12. The van der Waals surface area contributed by atoms with E-state index >= 15 is 0 Å². The first-order valence-electron chi connectivity index (χ1n) is 8.26. The Morgan fingerprint density at radius 3 is 2.43 bits per heavy atom. The second-order valence-corrected chi connectivity index (χ2v) is 6.22. The van der Waals surface area contributed by atoms with Crippen LogP contribution in [0.3, 0.4) is 0 Å².